The molecule has 0 saturated heterocycles. The third-order valence-electron chi connectivity index (χ3n) is 3.14. The number of hydrogen-bond donors (Lipinski definition) is 2. The quantitative estimate of drug-likeness (QED) is 0.862. The lowest BCUT2D eigenvalue weighted by atomic mass is 10.1. The number of hydrogen-bond acceptors (Lipinski definition) is 6. The number of aromatic nitrogens is 2. The predicted octanol–water partition coefficient (Wildman–Crippen LogP) is 1.52. The van der Waals surface area contributed by atoms with Gasteiger partial charge in [0.25, 0.3) is 0 Å². The minimum atomic E-state index is -0.146. The van der Waals surface area contributed by atoms with Crippen molar-refractivity contribution in [2.75, 3.05) is 7.05 Å². The average molecular weight is 277 g/mol. The Morgan fingerprint density at radius 3 is 2.65 bits per heavy atom. The maximum atomic E-state index is 10.1. The summed E-state index contributed by atoms with van der Waals surface area (Å²) < 4.78 is 5.03. The van der Waals surface area contributed by atoms with Gasteiger partial charge in [-0.15, -0.1) is 0 Å². The molecule has 0 atom stereocenters. The summed E-state index contributed by atoms with van der Waals surface area (Å²) in [7, 11) is 1.92. The van der Waals surface area contributed by atoms with Crippen LogP contribution in [0.4, 0.5) is 0 Å². The zero-order chi connectivity index (χ0) is 14.7. The van der Waals surface area contributed by atoms with Crippen molar-refractivity contribution < 1.29 is 14.7 Å². The Morgan fingerprint density at radius 1 is 1.30 bits per heavy atom. The summed E-state index contributed by atoms with van der Waals surface area (Å²) in [5, 5.41) is 23.4. The van der Waals surface area contributed by atoms with Crippen LogP contribution in [0, 0.1) is 13.8 Å². The first-order valence-electron chi connectivity index (χ1n) is 6.39. The number of aryl methyl sites for hydroxylation is 2. The lowest BCUT2D eigenvalue weighted by Crippen LogP contribution is -2.19. The minimum absolute atomic E-state index is 0.139. The van der Waals surface area contributed by atoms with Crippen molar-refractivity contribution in [2.24, 2.45) is 0 Å². The molecular formula is C14H19N3O3. The summed E-state index contributed by atoms with van der Waals surface area (Å²) >= 11 is 0. The second-order valence-electron chi connectivity index (χ2n) is 4.96. The molecule has 6 heteroatoms. The van der Waals surface area contributed by atoms with Crippen LogP contribution in [0.15, 0.2) is 16.8 Å². The molecule has 0 radical (unpaired) electrons. The van der Waals surface area contributed by atoms with Gasteiger partial charge in [0, 0.05) is 36.5 Å². The Morgan fingerprint density at radius 2 is 2.05 bits per heavy atom. The standard InChI is InChI=1S/C14H19N3O3/c1-9-4-12(16-20-9)6-17(3)7-13-11(8-18)5-15-10(2)14(13)19/h4-5,18-19H,6-8H2,1-3H3. The summed E-state index contributed by atoms with van der Waals surface area (Å²) in [6, 6.07) is 1.88. The first-order valence-corrected chi connectivity index (χ1v) is 6.39. The highest BCUT2D eigenvalue weighted by atomic mass is 16.5. The lowest BCUT2D eigenvalue weighted by molar-refractivity contribution is 0.267. The van der Waals surface area contributed by atoms with Crippen molar-refractivity contribution in [1.82, 2.24) is 15.0 Å². The van der Waals surface area contributed by atoms with E-state index in [4.69, 9.17) is 4.52 Å². The molecular weight excluding hydrogens is 258 g/mol. The maximum absolute atomic E-state index is 10.1. The second-order valence-corrected chi connectivity index (χ2v) is 4.96. The number of pyridine rings is 1. The van der Waals surface area contributed by atoms with Crippen LogP contribution in [-0.2, 0) is 19.7 Å². The van der Waals surface area contributed by atoms with Gasteiger partial charge in [-0.1, -0.05) is 5.16 Å². The highest BCUT2D eigenvalue weighted by Gasteiger charge is 2.14. The van der Waals surface area contributed by atoms with Crippen LogP contribution in [0.25, 0.3) is 0 Å². The molecule has 6 nitrogen and oxygen atoms in total. The van der Waals surface area contributed by atoms with Gasteiger partial charge >= 0.3 is 0 Å². The van der Waals surface area contributed by atoms with Gasteiger partial charge in [0.15, 0.2) is 0 Å². The normalized spacial score (nSPS) is 11.2. The maximum Gasteiger partial charge on any atom is 0.141 e. The van der Waals surface area contributed by atoms with Crippen LogP contribution in [-0.4, -0.2) is 32.3 Å². The molecule has 2 rings (SSSR count). The predicted molar refractivity (Wildman–Crippen MR) is 73.0 cm³/mol. The van der Waals surface area contributed by atoms with Gasteiger partial charge in [-0.3, -0.25) is 9.88 Å². The van der Waals surface area contributed by atoms with Gasteiger partial charge < -0.3 is 14.7 Å². The van der Waals surface area contributed by atoms with E-state index in [-0.39, 0.29) is 12.4 Å². The van der Waals surface area contributed by atoms with Crippen LogP contribution >= 0.6 is 0 Å². The Hall–Kier alpha value is -1.92. The smallest absolute Gasteiger partial charge is 0.141 e. The Kier molecular flexibility index (Phi) is 4.36. The average Bonchev–Trinajstić information content (AvgIpc) is 2.80. The second kappa shape index (κ2) is 6.02. The number of aliphatic hydroxyl groups is 1. The molecule has 2 N–H and O–H groups in total. The molecule has 2 aromatic heterocycles. The molecule has 0 bridgehead atoms. The van der Waals surface area contributed by atoms with Gasteiger partial charge in [-0.25, -0.2) is 0 Å². The number of rotatable bonds is 5. The first-order chi connectivity index (χ1) is 9.51. The van der Waals surface area contributed by atoms with Gasteiger partial charge in [-0.05, 0) is 20.9 Å². The van der Waals surface area contributed by atoms with Crippen LogP contribution in [0.5, 0.6) is 5.75 Å². The zero-order valence-corrected chi connectivity index (χ0v) is 11.9. The van der Waals surface area contributed by atoms with E-state index in [0.717, 1.165) is 11.5 Å². The molecule has 0 aromatic carbocycles. The SMILES string of the molecule is Cc1cc(CN(C)Cc2c(CO)cnc(C)c2O)no1. The van der Waals surface area contributed by atoms with Crippen LogP contribution < -0.4 is 0 Å². The first kappa shape index (κ1) is 14.5. The van der Waals surface area contributed by atoms with Crippen molar-refractivity contribution in [3.8, 4) is 5.75 Å². The molecule has 0 amide bonds. The van der Waals surface area contributed by atoms with Gasteiger partial charge in [-0.2, -0.15) is 0 Å². The van der Waals surface area contributed by atoms with E-state index >= 15 is 0 Å². The fraction of sp³-hybridized carbons (Fsp3) is 0.429. The zero-order valence-electron chi connectivity index (χ0n) is 11.9. The van der Waals surface area contributed by atoms with Gasteiger partial charge in [0.2, 0.25) is 0 Å². The molecule has 108 valence electrons. The summed E-state index contributed by atoms with van der Waals surface area (Å²) in [5.74, 6) is 0.909. The molecule has 0 aliphatic carbocycles. The fourth-order valence-corrected chi connectivity index (χ4v) is 2.09. The molecule has 0 unspecified atom stereocenters. The van der Waals surface area contributed by atoms with Gasteiger partial charge in [0.05, 0.1) is 18.0 Å². The highest BCUT2D eigenvalue weighted by molar-refractivity contribution is 5.40. The Labute approximate surface area is 117 Å². The van der Waals surface area contributed by atoms with E-state index in [9.17, 15) is 10.2 Å². The topological polar surface area (TPSA) is 82.6 Å². The van der Waals surface area contributed by atoms with Crippen molar-refractivity contribution >= 4 is 0 Å². The summed E-state index contributed by atoms with van der Waals surface area (Å²) in [5.41, 5.74) is 2.72. The van der Waals surface area contributed by atoms with Crippen LogP contribution in [0.3, 0.4) is 0 Å². The fourth-order valence-electron chi connectivity index (χ4n) is 2.09. The van der Waals surface area contributed by atoms with E-state index in [1.165, 1.54) is 0 Å². The molecule has 20 heavy (non-hydrogen) atoms. The van der Waals surface area contributed by atoms with Crippen molar-refractivity contribution in [3.63, 3.8) is 0 Å². The van der Waals surface area contributed by atoms with E-state index < -0.39 is 0 Å². The molecule has 0 fully saturated rings. The summed E-state index contributed by atoms with van der Waals surface area (Å²) in [4.78, 5) is 6.04. The monoisotopic (exact) mass is 277 g/mol. The van der Waals surface area contributed by atoms with E-state index in [2.05, 4.69) is 10.1 Å². The largest absolute Gasteiger partial charge is 0.506 e. The summed E-state index contributed by atoms with van der Waals surface area (Å²) in [6.45, 7) is 4.53. The van der Waals surface area contributed by atoms with Crippen molar-refractivity contribution in [3.05, 3.63) is 40.5 Å². The molecule has 0 aliphatic heterocycles. The van der Waals surface area contributed by atoms with Crippen LogP contribution in [0.1, 0.15) is 28.3 Å². The Balaban J connectivity index is 2.14. The highest BCUT2D eigenvalue weighted by Crippen LogP contribution is 2.25. The van der Waals surface area contributed by atoms with E-state index in [0.29, 0.717) is 29.9 Å². The molecule has 0 saturated carbocycles. The van der Waals surface area contributed by atoms with E-state index in [1.54, 1.807) is 13.1 Å². The van der Waals surface area contributed by atoms with Crippen molar-refractivity contribution in [2.45, 2.75) is 33.5 Å². The molecule has 0 aliphatic rings. The number of nitrogens with zero attached hydrogens (tertiary/aromatic N) is 3. The van der Waals surface area contributed by atoms with E-state index in [1.807, 2.05) is 24.9 Å². The van der Waals surface area contributed by atoms with Crippen molar-refractivity contribution in [1.29, 1.82) is 0 Å². The summed E-state index contributed by atoms with van der Waals surface area (Å²) in [6.07, 6.45) is 1.60. The van der Waals surface area contributed by atoms with Crippen LogP contribution in [0.2, 0.25) is 0 Å². The third-order valence-corrected chi connectivity index (χ3v) is 3.14. The Bertz CT molecular complexity index is 595. The minimum Gasteiger partial charge on any atom is -0.506 e. The molecule has 0 spiro atoms. The molecule has 2 aromatic rings. The number of aliphatic hydroxyl groups excluding tert-OH is 1. The number of aromatic hydroxyl groups is 1. The lowest BCUT2D eigenvalue weighted by Gasteiger charge is -2.18. The third kappa shape index (κ3) is 3.15. The van der Waals surface area contributed by atoms with Gasteiger partial charge in [0.1, 0.15) is 11.5 Å². The molecule has 2 heterocycles.